The van der Waals surface area contributed by atoms with Crippen LogP contribution in [-0.2, 0) is 0 Å². The van der Waals surface area contributed by atoms with Crippen molar-refractivity contribution in [1.82, 2.24) is 0 Å². The molecule has 108 valence electrons. The van der Waals surface area contributed by atoms with Crippen molar-refractivity contribution in [3.63, 3.8) is 0 Å². The van der Waals surface area contributed by atoms with E-state index in [0.717, 1.165) is 18.4 Å². The van der Waals surface area contributed by atoms with Crippen molar-refractivity contribution in [3.05, 3.63) is 35.1 Å². The normalized spacial score (nSPS) is 14.8. The summed E-state index contributed by atoms with van der Waals surface area (Å²) in [6.45, 7) is 6.45. The molecule has 2 rings (SSSR count). The lowest BCUT2D eigenvalue weighted by Gasteiger charge is -2.09. The van der Waals surface area contributed by atoms with E-state index in [1.165, 1.54) is 0 Å². The predicted octanol–water partition coefficient (Wildman–Crippen LogP) is 4.50. The zero-order valence-corrected chi connectivity index (χ0v) is 13.6. The molecule has 0 aliphatic carbocycles. The summed E-state index contributed by atoms with van der Waals surface area (Å²) in [5, 5.41) is 0. The Morgan fingerprint density at radius 1 is 1.40 bits per heavy atom. The summed E-state index contributed by atoms with van der Waals surface area (Å²) in [5.74, 6) is 1.55. The number of ether oxygens (including phenoxy) is 2. The third-order valence-electron chi connectivity index (χ3n) is 3.09. The summed E-state index contributed by atoms with van der Waals surface area (Å²) in [7, 11) is 0. The molecule has 1 aromatic rings. The van der Waals surface area contributed by atoms with Gasteiger partial charge in [-0.3, -0.25) is 4.79 Å². The number of ketones is 1. The first-order valence-corrected chi connectivity index (χ1v) is 7.72. The molecule has 1 atom stereocenters. The van der Waals surface area contributed by atoms with Gasteiger partial charge >= 0.3 is 0 Å². The highest BCUT2D eigenvalue weighted by atomic mass is 79.9. The largest absolute Gasteiger partial charge is 0.493 e. The van der Waals surface area contributed by atoms with Crippen molar-refractivity contribution in [2.24, 2.45) is 0 Å². The SMILES string of the molecule is CC(C)=C1Oc2cccc(OCCCC(C)Br)c2C1=O. The van der Waals surface area contributed by atoms with Crippen LogP contribution in [0.2, 0.25) is 0 Å². The van der Waals surface area contributed by atoms with Crippen molar-refractivity contribution in [1.29, 1.82) is 0 Å². The number of allylic oxidation sites excluding steroid dienone is 2. The van der Waals surface area contributed by atoms with Gasteiger partial charge in [-0.25, -0.2) is 0 Å². The predicted molar refractivity (Wildman–Crippen MR) is 82.9 cm³/mol. The maximum absolute atomic E-state index is 12.3. The lowest BCUT2D eigenvalue weighted by molar-refractivity contribution is 0.101. The van der Waals surface area contributed by atoms with E-state index in [1.807, 2.05) is 26.0 Å². The van der Waals surface area contributed by atoms with Crippen LogP contribution in [0, 0.1) is 0 Å². The second kappa shape index (κ2) is 6.44. The summed E-state index contributed by atoms with van der Waals surface area (Å²) >= 11 is 3.51. The van der Waals surface area contributed by atoms with E-state index in [2.05, 4.69) is 22.9 Å². The van der Waals surface area contributed by atoms with Crippen LogP contribution in [0.1, 0.15) is 44.0 Å². The van der Waals surface area contributed by atoms with Crippen molar-refractivity contribution in [2.75, 3.05) is 6.61 Å². The zero-order valence-electron chi connectivity index (χ0n) is 12.0. The summed E-state index contributed by atoms with van der Waals surface area (Å²) in [6.07, 6.45) is 1.99. The summed E-state index contributed by atoms with van der Waals surface area (Å²) in [5.41, 5.74) is 1.43. The standard InChI is InChI=1S/C16H19BrO3/c1-10(2)16-15(18)14-12(7-4-8-13(14)20-16)19-9-5-6-11(3)17/h4,7-8,11H,5-6,9H2,1-3H3. The molecule has 1 unspecified atom stereocenters. The number of alkyl halides is 1. The molecule has 0 saturated heterocycles. The van der Waals surface area contributed by atoms with Crippen molar-refractivity contribution >= 4 is 21.7 Å². The molecule has 1 aliphatic rings. The summed E-state index contributed by atoms with van der Waals surface area (Å²) in [6, 6.07) is 5.48. The minimum Gasteiger partial charge on any atom is -0.493 e. The minimum absolute atomic E-state index is 0.0792. The van der Waals surface area contributed by atoms with Crippen LogP contribution in [0.3, 0.4) is 0 Å². The van der Waals surface area contributed by atoms with Gasteiger partial charge in [0.25, 0.3) is 0 Å². The first-order chi connectivity index (χ1) is 9.50. The van der Waals surface area contributed by atoms with Gasteiger partial charge in [-0.15, -0.1) is 0 Å². The molecule has 0 aromatic heterocycles. The quantitative estimate of drug-likeness (QED) is 0.450. The number of hydrogen-bond donors (Lipinski definition) is 0. The van der Waals surface area contributed by atoms with Gasteiger partial charge in [0.2, 0.25) is 5.78 Å². The third-order valence-corrected chi connectivity index (χ3v) is 3.55. The average molecular weight is 339 g/mol. The number of Topliss-reactive ketones (excluding diaryl/α,β-unsaturated/α-hetero) is 1. The molecule has 0 N–H and O–H groups in total. The van der Waals surface area contributed by atoms with E-state index in [9.17, 15) is 4.79 Å². The number of rotatable bonds is 5. The average Bonchev–Trinajstić information content (AvgIpc) is 2.73. The maximum Gasteiger partial charge on any atom is 0.235 e. The van der Waals surface area contributed by atoms with E-state index in [4.69, 9.17) is 9.47 Å². The van der Waals surface area contributed by atoms with E-state index >= 15 is 0 Å². The van der Waals surface area contributed by atoms with Crippen LogP contribution in [0.4, 0.5) is 0 Å². The molecule has 1 aliphatic heterocycles. The van der Waals surface area contributed by atoms with Crippen molar-refractivity contribution < 1.29 is 14.3 Å². The van der Waals surface area contributed by atoms with Gasteiger partial charge in [-0.05, 0) is 44.4 Å². The third kappa shape index (κ3) is 3.23. The Morgan fingerprint density at radius 2 is 2.15 bits per heavy atom. The van der Waals surface area contributed by atoms with Crippen LogP contribution in [0.15, 0.2) is 29.5 Å². The molecule has 20 heavy (non-hydrogen) atoms. The van der Waals surface area contributed by atoms with E-state index in [0.29, 0.717) is 34.3 Å². The van der Waals surface area contributed by atoms with Crippen LogP contribution in [-0.4, -0.2) is 17.2 Å². The van der Waals surface area contributed by atoms with Crippen LogP contribution in [0.5, 0.6) is 11.5 Å². The van der Waals surface area contributed by atoms with Crippen LogP contribution >= 0.6 is 15.9 Å². The van der Waals surface area contributed by atoms with Crippen LogP contribution in [0.25, 0.3) is 0 Å². The topological polar surface area (TPSA) is 35.5 Å². The first-order valence-electron chi connectivity index (χ1n) is 6.80. The Hall–Kier alpha value is -1.29. The fraction of sp³-hybridized carbons (Fsp3) is 0.438. The lowest BCUT2D eigenvalue weighted by Crippen LogP contribution is -2.05. The molecule has 1 heterocycles. The molecule has 0 radical (unpaired) electrons. The zero-order chi connectivity index (χ0) is 14.7. The Morgan fingerprint density at radius 3 is 2.80 bits per heavy atom. The number of halogens is 1. The molecule has 4 heteroatoms. The highest BCUT2D eigenvalue weighted by Gasteiger charge is 2.31. The first kappa shape index (κ1) is 15.1. The Kier molecular flexibility index (Phi) is 4.86. The molecule has 1 aromatic carbocycles. The fourth-order valence-corrected chi connectivity index (χ4v) is 2.41. The molecule has 0 spiro atoms. The lowest BCUT2D eigenvalue weighted by atomic mass is 10.1. The van der Waals surface area contributed by atoms with Gasteiger partial charge < -0.3 is 9.47 Å². The maximum atomic E-state index is 12.3. The van der Waals surface area contributed by atoms with E-state index < -0.39 is 0 Å². The second-order valence-electron chi connectivity index (χ2n) is 5.16. The monoisotopic (exact) mass is 338 g/mol. The number of benzene rings is 1. The minimum atomic E-state index is -0.0792. The molecule has 0 amide bonds. The van der Waals surface area contributed by atoms with Crippen molar-refractivity contribution in [3.8, 4) is 11.5 Å². The Bertz CT molecular complexity index is 543. The van der Waals surface area contributed by atoms with Gasteiger partial charge in [0.1, 0.15) is 17.1 Å². The van der Waals surface area contributed by atoms with Gasteiger partial charge in [-0.2, -0.15) is 0 Å². The molecule has 0 bridgehead atoms. The van der Waals surface area contributed by atoms with Gasteiger partial charge in [0.15, 0.2) is 5.76 Å². The van der Waals surface area contributed by atoms with Gasteiger partial charge in [-0.1, -0.05) is 28.9 Å². The molecular formula is C16H19BrO3. The Balaban J connectivity index is 2.13. The molecule has 0 saturated carbocycles. The Labute approximate surface area is 128 Å². The van der Waals surface area contributed by atoms with Crippen molar-refractivity contribution in [2.45, 2.75) is 38.4 Å². The number of fused-ring (bicyclic) bond motifs is 1. The highest BCUT2D eigenvalue weighted by Crippen LogP contribution is 2.38. The number of carbonyl (C=O) groups is 1. The van der Waals surface area contributed by atoms with Gasteiger partial charge in [0, 0.05) is 4.83 Å². The summed E-state index contributed by atoms with van der Waals surface area (Å²) < 4.78 is 11.4. The molecule has 0 fully saturated rings. The highest BCUT2D eigenvalue weighted by molar-refractivity contribution is 9.09. The molecular weight excluding hydrogens is 320 g/mol. The second-order valence-corrected chi connectivity index (χ2v) is 6.72. The van der Waals surface area contributed by atoms with Gasteiger partial charge in [0.05, 0.1) is 6.61 Å². The number of hydrogen-bond acceptors (Lipinski definition) is 3. The van der Waals surface area contributed by atoms with Crippen LogP contribution < -0.4 is 9.47 Å². The summed E-state index contributed by atoms with van der Waals surface area (Å²) in [4.78, 5) is 12.8. The molecule has 3 nitrogen and oxygen atoms in total. The van der Waals surface area contributed by atoms with E-state index in [-0.39, 0.29) is 5.78 Å². The smallest absolute Gasteiger partial charge is 0.235 e. The fourth-order valence-electron chi connectivity index (χ4n) is 2.09. The number of carbonyl (C=O) groups excluding carboxylic acids is 1. The van der Waals surface area contributed by atoms with E-state index in [1.54, 1.807) is 6.07 Å².